The first-order valence-electron chi connectivity index (χ1n) is 3.48. The van der Waals surface area contributed by atoms with Crippen LogP contribution >= 0.6 is 0 Å². The summed E-state index contributed by atoms with van der Waals surface area (Å²) in [4.78, 5) is 0. The summed E-state index contributed by atoms with van der Waals surface area (Å²) in [5.74, 6) is 0. The molecular weight excluding hydrogens is 108 g/mol. The number of hydrogen-bond donors (Lipinski definition) is 0. The molecule has 0 amide bonds. The third kappa shape index (κ3) is 7.48. The Hall–Kier alpha value is -0.520. The molecule has 0 N–H and O–H groups in total. The smallest absolute Gasteiger partial charge is 0.0228 e. The lowest BCUT2D eigenvalue weighted by molar-refractivity contribution is 0.956. The summed E-state index contributed by atoms with van der Waals surface area (Å²) in [6.45, 7) is 6.32. The zero-order valence-corrected chi connectivity index (χ0v) is 6.57. The van der Waals surface area contributed by atoms with Crippen molar-refractivity contribution in [1.29, 1.82) is 0 Å². The van der Waals surface area contributed by atoms with E-state index >= 15 is 0 Å². The standard InChI is InChI=1S/C9H15/c1-4-5-6-7-8-9(2)3/h6,8H,4-5H2,1-3H3. The van der Waals surface area contributed by atoms with E-state index in [1.54, 1.807) is 0 Å². The van der Waals surface area contributed by atoms with Gasteiger partial charge >= 0.3 is 0 Å². The molecule has 0 aromatic rings. The van der Waals surface area contributed by atoms with Gasteiger partial charge in [0.15, 0.2) is 0 Å². The van der Waals surface area contributed by atoms with Crippen LogP contribution in [-0.4, -0.2) is 0 Å². The van der Waals surface area contributed by atoms with Crippen molar-refractivity contribution in [2.75, 3.05) is 0 Å². The summed E-state index contributed by atoms with van der Waals surface area (Å²) in [6.07, 6.45) is 9.54. The molecule has 0 bridgehead atoms. The Bertz CT molecular complexity index is 103. The van der Waals surface area contributed by atoms with E-state index in [9.17, 15) is 0 Å². The number of unbranched alkanes of at least 4 members (excludes halogenated alkanes) is 1. The Morgan fingerprint density at radius 3 is 2.56 bits per heavy atom. The maximum atomic E-state index is 3.10. The number of hydrogen-bond acceptors (Lipinski definition) is 0. The van der Waals surface area contributed by atoms with Gasteiger partial charge in [-0.25, -0.2) is 0 Å². The van der Waals surface area contributed by atoms with E-state index in [0.717, 1.165) is 6.42 Å². The second-order valence-corrected chi connectivity index (χ2v) is 2.38. The van der Waals surface area contributed by atoms with Crippen molar-refractivity contribution in [2.45, 2.75) is 33.6 Å². The lowest BCUT2D eigenvalue weighted by atomic mass is 10.2. The summed E-state index contributed by atoms with van der Waals surface area (Å²) >= 11 is 0. The Kier molecular flexibility index (Phi) is 5.29. The number of allylic oxidation sites excluding steroid dienone is 4. The normalized spacial score (nSPS) is 10.1. The summed E-state index contributed by atoms with van der Waals surface area (Å²) in [5, 5.41) is 0. The average Bonchev–Trinajstić information content (AvgIpc) is 1.80. The Labute approximate surface area is 58.3 Å². The van der Waals surface area contributed by atoms with E-state index in [1.807, 2.05) is 6.08 Å². The Morgan fingerprint density at radius 2 is 2.11 bits per heavy atom. The van der Waals surface area contributed by atoms with Crippen molar-refractivity contribution in [3.63, 3.8) is 0 Å². The molecule has 0 aromatic heterocycles. The number of rotatable bonds is 3. The SMILES string of the molecule is CCC/C=[C]/C=C(C)C. The van der Waals surface area contributed by atoms with Crippen LogP contribution in [0.3, 0.4) is 0 Å². The Morgan fingerprint density at radius 1 is 1.44 bits per heavy atom. The van der Waals surface area contributed by atoms with Gasteiger partial charge in [-0.15, -0.1) is 0 Å². The maximum absolute atomic E-state index is 3.10. The monoisotopic (exact) mass is 123 g/mol. The van der Waals surface area contributed by atoms with Crippen LogP contribution < -0.4 is 0 Å². The highest BCUT2D eigenvalue weighted by atomic mass is 13.8. The van der Waals surface area contributed by atoms with E-state index < -0.39 is 0 Å². The average molecular weight is 123 g/mol. The van der Waals surface area contributed by atoms with Gasteiger partial charge in [0.1, 0.15) is 0 Å². The minimum atomic E-state index is 1.14. The van der Waals surface area contributed by atoms with Crippen LogP contribution in [0.5, 0.6) is 0 Å². The van der Waals surface area contributed by atoms with Gasteiger partial charge in [0.05, 0.1) is 0 Å². The topological polar surface area (TPSA) is 0 Å². The second kappa shape index (κ2) is 5.61. The molecule has 0 saturated heterocycles. The van der Waals surface area contributed by atoms with Crippen molar-refractivity contribution in [3.8, 4) is 0 Å². The molecule has 0 aliphatic carbocycles. The lowest BCUT2D eigenvalue weighted by Crippen LogP contribution is -1.62. The predicted octanol–water partition coefficient (Wildman–Crippen LogP) is 3.11. The van der Waals surface area contributed by atoms with Crippen LogP contribution in [-0.2, 0) is 0 Å². The molecule has 0 fully saturated rings. The van der Waals surface area contributed by atoms with E-state index in [2.05, 4.69) is 32.9 Å². The summed E-state index contributed by atoms with van der Waals surface area (Å²) in [6, 6.07) is 0. The van der Waals surface area contributed by atoms with Gasteiger partial charge in [-0.2, -0.15) is 0 Å². The quantitative estimate of drug-likeness (QED) is 0.506. The highest BCUT2D eigenvalue weighted by molar-refractivity contribution is 5.02. The fourth-order valence-electron chi connectivity index (χ4n) is 0.453. The van der Waals surface area contributed by atoms with Gasteiger partial charge in [0.2, 0.25) is 0 Å². The first-order chi connectivity index (χ1) is 4.27. The minimum Gasteiger partial charge on any atom is -0.0767 e. The predicted molar refractivity (Wildman–Crippen MR) is 42.2 cm³/mol. The first kappa shape index (κ1) is 8.48. The highest BCUT2D eigenvalue weighted by Crippen LogP contribution is 1.91. The van der Waals surface area contributed by atoms with Gasteiger partial charge in [0.25, 0.3) is 0 Å². The van der Waals surface area contributed by atoms with Crippen molar-refractivity contribution >= 4 is 0 Å². The summed E-state index contributed by atoms with van der Waals surface area (Å²) in [5.41, 5.74) is 1.31. The zero-order chi connectivity index (χ0) is 7.11. The molecule has 0 rings (SSSR count). The molecule has 1 radical (unpaired) electrons. The van der Waals surface area contributed by atoms with Gasteiger partial charge in [-0.05, 0) is 26.3 Å². The van der Waals surface area contributed by atoms with Gasteiger partial charge in [-0.1, -0.05) is 31.1 Å². The summed E-state index contributed by atoms with van der Waals surface area (Å²) in [7, 11) is 0. The van der Waals surface area contributed by atoms with Gasteiger partial charge in [0, 0.05) is 0 Å². The minimum absolute atomic E-state index is 1.14. The molecule has 0 spiro atoms. The first-order valence-corrected chi connectivity index (χ1v) is 3.48. The van der Waals surface area contributed by atoms with E-state index in [0.29, 0.717) is 0 Å². The molecule has 0 heteroatoms. The lowest BCUT2D eigenvalue weighted by Gasteiger charge is -1.82. The molecule has 0 unspecified atom stereocenters. The molecule has 0 aromatic carbocycles. The molecule has 0 nitrogen and oxygen atoms in total. The van der Waals surface area contributed by atoms with E-state index in [1.165, 1.54) is 12.0 Å². The highest BCUT2D eigenvalue weighted by Gasteiger charge is 1.72. The third-order valence-corrected chi connectivity index (χ3v) is 0.923. The van der Waals surface area contributed by atoms with Gasteiger partial charge < -0.3 is 0 Å². The fourth-order valence-corrected chi connectivity index (χ4v) is 0.453. The molecule has 0 heterocycles. The molecule has 51 valence electrons. The molecule has 0 saturated carbocycles. The van der Waals surface area contributed by atoms with Crippen molar-refractivity contribution in [3.05, 3.63) is 23.8 Å². The van der Waals surface area contributed by atoms with Gasteiger partial charge in [-0.3, -0.25) is 0 Å². The molecule has 9 heavy (non-hydrogen) atoms. The zero-order valence-electron chi connectivity index (χ0n) is 6.57. The Balaban J connectivity index is 3.35. The summed E-state index contributed by atoms with van der Waals surface area (Å²) < 4.78 is 0. The van der Waals surface area contributed by atoms with Crippen molar-refractivity contribution in [2.24, 2.45) is 0 Å². The van der Waals surface area contributed by atoms with Crippen LogP contribution in [0.2, 0.25) is 0 Å². The second-order valence-electron chi connectivity index (χ2n) is 2.38. The molecule has 0 aliphatic rings. The van der Waals surface area contributed by atoms with Crippen LogP contribution in [0.15, 0.2) is 17.7 Å². The largest absolute Gasteiger partial charge is 0.0767 e. The van der Waals surface area contributed by atoms with Crippen molar-refractivity contribution < 1.29 is 0 Å². The molecular formula is C9H15. The molecule has 0 atom stereocenters. The molecule has 0 aliphatic heterocycles. The van der Waals surface area contributed by atoms with Crippen LogP contribution in [0.4, 0.5) is 0 Å². The van der Waals surface area contributed by atoms with E-state index in [-0.39, 0.29) is 0 Å². The van der Waals surface area contributed by atoms with Crippen LogP contribution in [0.1, 0.15) is 33.6 Å². The van der Waals surface area contributed by atoms with Crippen LogP contribution in [0.25, 0.3) is 0 Å². The third-order valence-electron chi connectivity index (χ3n) is 0.923. The van der Waals surface area contributed by atoms with Crippen molar-refractivity contribution in [1.82, 2.24) is 0 Å². The van der Waals surface area contributed by atoms with E-state index in [4.69, 9.17) is 0 Å². The van der Waals surface area contributed by atoms with Crippen LogP contribution in [0, 0.1) is 6.08 Å². The maximum Gasteiger partial charge on any atom is -0.0228 e. The fraction of sp³-hybridized carbons (Fsp3) is 0.556.